The molecule has 0 saturated heterocycles. The summed E-state index contributed by atoms with van der Waals surface area (Å²) >= 11 is 0. The molecule has 1 aliphatic rings. The zero-order chi connectivity index (χ0) is 9.73. The van der Waals surface area contributed by atoms with Crippen molar-refractivity contribution < 1.29 is 0 Å². The van der Waals surface area contributed by atoms with Crippen LogP contribution in [0.1, 0.15) is 52.4 Å². The van der Waals surface area contributed by atoms with Crippen LogP contribution in [0.25, 0.3) is 0 Å². The minimum absolute atomic E-state index is 0.139. The smallest absolute Gasteiger partial charge is 0.0280 e. The minimum Gasteiger partial charge on any atom is -0.324 e. The molecule has 1 atom stereocenters. The van der Waals surface area contributed by atoms with Gasteiger partial charge in [0.05, 0.1) is 0 Å². The lowest BCUT2D eigenvalue weighted by Crippen LogP contribution is -2.55. The van der Waals surface area contributed by atoms with E-state index in [0.29, 0.717) is 6.04 Å². The molecular formula is C11H24N2. The van der Waals surface area contributed by atoms with Crippen molar-refractivity contribution in [1.29, 1.82) is 0 Å². The summed E-state index contributed by atoms with van der Waals surface area (Å²) in [7, 11) is 0. The Balaban J connectivity index is 2.03. The van der Waals surface area contributed by atoms with Gasteiger partial charge in [-0.25, -0.2) is 0 Å². The topological polar surface area (TPSA) is 38.0 Å². The third kappa shape index (κ3) is 3.65. The molecule has 2 nitrogen and oxygen atoms in total. The van der Waals surface area contributed by atoms with Crippen molar-refractivity contribution >= 4 is 0 Å². The minimum atomic E-state index is 0.139. The Morgan fingerprint density at radius 3 is 2.62 bits per heavy atom. The normalized spacial score (nSPS) is 22.4. The molecule has 0 aromatic rings. The average molecular weight is 184 g/mol. The standard InChI is InChI=1S/C11H24N2/c1-3-4-6-10(2)13-9-11(12)7-5-8-11/h10,13H,3-9,12H2,1-2H3. The van der Waals surface area contributed by atoms with Gasteiger partial charge in [-0.15, -0.1) is 0 Å². The average Bonchev–Trinajstić information content (AvgIpc) is 2.08. The number of hydrogen-bond acceptors (Lipinski definition) is 2. The van der Waals surface area contributed by atoms with Crippen molar-refractivity contribution in [2.75, 3.05) is 6.54 Å². The van der Waals surface area contributed by atoms with Gasteiger partial charge >= 0.3 is 0 Å². The van der Waals surface area contributed by atoms with Gasteiger partial charge in [0.2, 0.25) is 0 Å². The fourth-order valence-electron chi connectivity index (χ4n) is 1.80. The molecule has 0 aromatic carbocycles. The highest BCUT2D eigenvalue weighted by Crippen LogP contribution is 2.28. The van der Waals surface area contributed by atoms with E-state index >= 15 is 0 Å². The first-order valence-electron chi connectivity index (χ1n) is 5.68. The quantitative estimate of drug-likeness (QED) is 0.663. The van der Waals surface area contributed by atoms with Gasteiger partial charge in [0, 0.05) is 18.1 Å². The molecule has 1 rings (SSSR count). The van der Waals surface area contributed by atoms with Crippen molar-refractivity contribution in [2.24, 2.45) is 5.73 Å². The zero-order valence-corrected chi connectivity index (χ0v) is 9.10. The van der Waals surface area contributed by atoms with Crippen LogP contribution in [0.15, 0.2) is 0 Å². The molecule has 0 aromatic heterocycles. The Hall–Kier alpha value is -0.0800. The molecule has 0 radical (unpaired) electrons. The molecule has 1 saturated carbocycles. The number of nitrogens with two attached hydrogens (primary N) is 1. The van der Waals surface area contributed by atoms with E-state index < -0.39 is 0 Å². The molecule has 0 bridgehead atoms. The largest absolute Gasteiger partial charge is 0.324 e. The number of rotatable bonds is 6. The van der Waals surface area contributed by atoms with Crippen LogP contribution in [0.2, 0.25) is 0 Å². The lowest BCUT2D eigenvalue weighted by molar-refractivity contribution is 0.230. The summed E-state index contributed by atoms with van der Waals surface area (Å²) in [6.07, 6.45) is 7.64. The van der Waals surface area contributed by atoms with E-state index in [2.05, 4.69) is 19.2 Å². The molecule has 0 amide bonds. The second kappa shape index (κ2) is 4.97. The highest BCUT2D eigenvalue weighted by atomic mass is 15.0. The predicted octanol–water partition coefficient (Wildman–Crippen LogP) is 2.04. The van der Waals surface area contributed by atoms with Gasteiger partial charge in [-0.3, -0.25) is 0 Å². The lowest BCUT2D eigenvalue weighted by Gasteiger charge is -2.39. The molecular weight excluding hydrogens is 160 g/mol. The fraction of sp³-hybridized carbons (Fsp3) is 1.00. The molecule has 78 valence electrons. The van der Waals surface area contributed by atoms with Crippen molar-refractivity contribution in [2.45, 2.75) is 64.0 Å². The molecule has 2 heteroatoms. The third-order valence-electron chi connectivity index (χ3n) is 3.14. The first-order valence-corrected chi connectivity index (χ1v) is 5.68. The maximum Gasteiger partial charge on any atom is 0.0280 e. The van der Waals surface area contributed by atoms with Crippen LogP contribution < -0.4 is 11.1 Å². The van der Waals surface area contributed by atoms with Crippen LogP contribution in [0.5, 0.6) is 0 Å². The highest BCUT2D eigenvalue weighted by Gasteiger charge is 2.32. The molecule has 0 heterocycles. The molecule has 0 aliphatic heterocycles. The maximum absolute atomic E-state index is 6.12. The summed E-state index contributed by atoms with van der Waals surface area (Å²) in [5, 5.41) is 3.53. The van der Waals surface area contributed by atoms with E-state index in [1.165, 1.54) is 38.5 Å². The SMILES string of the molecule is CCCCC(C)NCC1(N)CCC1. The number of hydrogen-bond donors (Lipinski definition) is 2. The van der Waals surface area contributed by atoms with Crippen LogP contribution in [0, 0.1) is 0 Å². The molecule has 1 fully saturated rings. The Morgan fingerprint density at radius 1 is 1.46 bits per heavy atom. The Bertz CT molecular complexity index is 141. The Morgan fingerprint density at radius 2 is 2.15 bits per heavy atom. The van der Waals surface area contributed by atoms with Crippen LogP contribution in [0.3, 0.4) is 0 Å². The van der Waals surface area contributed by atoms with Crippen molar-refractivity contribution in [1.82, 2.24) is 5.32 Å². The second-order valence-corrected chi connectivity index (χ2v) is 4.64. The molecule has 13 heavy (non-hydrogen) atoms. The summed E-state index contributed by atoms with van der Waals surface area (Å²) in [5.41, 5.74) is 6.26. The van der Waals surface area contributed by atoms with Gasteiger partial charge in [-0.1, -0.05) is 19.8 Å². The van der Waals surface area contributed by atoms with Crippen molar-refractivity contribution in [3.8, 4) is 0 Å². The van der Waals surface area contributed by atoms with E-state index in [1.54, 1.807) is 0 Å². The molecule has 3 N–H and O–H groups in total. The Labute approximate surface area is 82.3 Å². The van der Waals surface area contributed by atoms with Crippen molar-refractivity contribution in [3.05, 3.63) is 0 Å². The first-order chi connectivity index (χ1) is 6.16. The predicted molar refractivity (Wildman–Crippen MR) is 57.8 cm³/mol. The molecule has 0 spiro atoms. The van der Waals surface area contributed by atoms with E-state index in [9.17, 15) is 0 Å². The lowest BCUT2D eigenvalue weighted by atomic mass is 9.77. The maximum atomic E-state index is 6.12. The summed E-state index contributed by atoms with van der Waals surface area (Å²) in [6.45, 7) is 5.51. The van der Waals surface area contributed by atoms with Gasteiger partial charge in [0.15, 0.2) is 0 Å². The van der Waals surface area contributed by atoms with E-state index in [0.717, 1.165) is 6.54 Å². The molecule has 1 unspecified atom stereocenters. The summed E-state index contributed by atoms with van der Waals surface area (Å²) < 4.78 is 0. The number of nitrogens with one attached hydrogen (secondary N) is 1. The van der Waals surface area contributed by atoms with Crippen LogP contribution >= 0.6 is 0 Å². The van der Waals surface area contributed by atoms with Crippen molar-refractivity contribution in [3.63, 3.8) is 0 Å². The van der Waals surface area contributed by atoms with E-state index in [-0.39, 0.29) is 5.54 Å². The van der Waals surface area contributed by atoms with Gasteiger partial charge < -0.3 is 11.1 Å². The van der Waals surface area contributed by atoms with E-state index in [1.807, 2.05) is 0 Å². The van der Waals surface area contributed by atoms with Crippen LogP contribution in [0.4, 0.5) is 0 Å². The van der Waals surface area contributed by atoms with Gasteiger partial charge in [0.25, 0.3) is 0 Å². The van der Waals surface area contributed by atoms with Gasteiger partial charge in [-0.05, 0) is 32.6 Å². The third-order valence-corrected chi connectivity index (χ3v) is 3.14. The summed E-state index contributed by atoms with van der Waals surface area (Å²) in [6, 6.07) is 0.640. The van der Waals surface area contributed by atoms with Gasteiger partial charge in [0.1, 0.15) is 0 Å². The second-order valence-electron chi connectivity index (χ2n) is 4.64. The highest BCUT2D eigenvalue weighted by molar-refractivity contribution is 4.94. The Kier molecular flexibility index (Phi) is 4.20. The monoisotopic (exact) mass is 184 g/mol. The number of unbranched alkanes of at least 4 members (excludes halogenated alkanes) is 1. The van der Waals surface area contributed by atoms with Crippen LogP contribution in [-0.4, -0.2) is 18.1 Å². The molecule has 1 aliphatic carbocycles. The first kappa shape index (κ1) is 11.0. The summed E-state index contributed by atoms with van der Waals surface area (Å²) in [4.78, 5) is 0. The van der Waals surface area contributed by atoms with E-state index in [4.69, 9.17) is 5.73 Å². The zero-order valence-electron chi connectivity index (χ0n) is 9.10. The van der Waals surface area contributed by atoms with Gasteiger partial charge in [-0.2, -0.15) is 0 Å². The fourth-order valence-corrected chi connectivity index (χ4v) is 1.80. The van der Waals surface area contributed by atoms with Crippen LogP contribution in [-0.2, 0) is 0 Å². The summed E-state index contributed by atoms with van der Waals surface area (Å²) in [5.74, 6) is 0.